The molecule has 0 bridgehead atoms. The van der Waals surface area contributed by atoms with Crippen LogP contribution in [0.1, 0.15) is 10.5 Å². The summed E-state index contributed by atoms with van der Waals surface area (Å²) in [5, 5.41) is 18.7. The highest BCUT2D eigenvalue weighted by atomic mass is 16.6. The summed E-state index contributed by atoms with van der Waals surface area (Å²) in [6, 6.07) is 1.78. The van der Waals surface area contributed by atoms with Gasteiger partial charge in [-0.05, 0) is 6.07 Å². The highest BCUT2D eigenvalue weighted by molar-refractivity contribution is 5.89. The lowest BCUT2D eigenvalue weighted by Crippen LogP contribution is -2.28. The van der Waals surface area contributed by atoms with Crippen molar-refractivity contribution in [1.82, 2.24) is 19.9 Å². The van der Waals surface area contributed by atoms with Gasteiger partial charge in [-0.3, -0.25) is 24.9 Å². The average Bonchev–Trinajstić information content (AvgIpc) is 2.39. The fourth-order valence-corrected chi connectivity index (χ4v) is 1.06. The number of hydrogen-bond acceptors (Lipinski definition) is 7. The summed E-state index contributed by atoms with van der Waals surface area (Å²) in [4.78, 5) is 51.4. The van der Waals surface area contributed by atoms with Crippen molar-refractivity contribution in [2.45, 2.75) is 0 Å². The van der Waals surface area contributed by atoms with Gasteiger partial charge in [-0.15, -0.1) is 0 Å². The number of nitro groups is 1. The molecule has 0 fully saturated rings. The number of aromatic nitrogens is 4. The van der Waals surface area contributed by atoms with Gasteiger partial charge < -0.3 is 5.11 Å². The Morgan fingerprint density at radius 1 is 1.25 bits per heavy atom. The van der Waals surface area contributed by atoms with E-state index in [0.29, 0.717) is 0 Å². The lowest BCUT2D eigenvalue weighted by atomic mass is 10.3. The third-order valence-corrected chi connectivity index (χ3v) is 1.79. The Morgan fingerprint density at radius 3 is 2.20 bits per heavy atom. The van der Waals surface area contributed by atoms with E-state index in [0.717, 1.165) is 0 Å². The predicted octanol–water partition coefficient (Wildman–Crippen LogP) is -0.854. The number of rotatable bonds is 2. The van der Waals surface area contributed by atoms with Gasteiger partial charge in [0.25, 0.3) is 0 Å². The largest absolute Gasteiger partial charge is 0.476 e. The van der Waals surface area contributed by atoms with Crippen LogP contribution in [0.5, 0.6) is 0 Å². The summed E-state index contributed by atoms with van der Waals surface area (Å²) in [6.07, 6.45) is 4.88. The van der Waals surface area contributed by atoms with Crippen LogP contribution in [0, 0.1) is 10.1 Å². The normalized spacial score (nSPS) is 9.20. The van der Waals surface area contributed by atoms with Gasteiger partial charge in [0.2, 0.25) is 5.69 Å². The standard InChI is InChI=1S/C5H3N3O6.C4H4N2/c9-3-2(8(13)14)1(4(10)11)6-5(12)7-3;1-2-5-4-6-3-1/h(H,10,11)(H2,6,7,9,12);1-4H. The molecule has 0 saturated heterocycles. The van der Waals surface area contributed by atoms with Crippen molar-refractivity contribution in [2.75, 3.05) is 0 Å². The minimum atomic E-state index is -1.75. The average molecular weight is 281 g/mol. The van der Waals surface area contributed by atoms with Crippen molar-refractivity contribution in [3.63, 3.8) is 0 Å². The van der Waals surface area contributed by atoms with E-state index >= 15 is 0 Å². The molecule has 20 heavy (non-hydrogen) atoms. The van der Waals surface area contributed by atoms with Crippen LogP contribution in [-0.2, 0) is 0 Å². The van der Waals surface area contributed by atoms with Gasteiger partial charge in [-0.1, -0.05) is 0 Å². The fourth-order valence-electron chi connectivity index (χ4n) is 1.06. The van der Waals surface area contributed by atoms with E-state index < -0.39 is 33.5 Å². The molecular weight excluding hydrogens is 274 g/mol. The molecule has 104 valence electrons. The maximum absolute atomic E-state index is 10.8. The van der Waals surface area contributed by atoms with E-state index in [2.05, 4.69) is 9.97 Å². The first-order valence-electron chi connectivity index (χ1n) is 4.87. The highest BCUT2D eigenvalue weighted by Gasteiger charge is 2.25. The number of aromatic carboxylic acids is 1. The Labute approximate surface area is 109 Å². The molecule has 2 aromatic heterocycles. The molecule has 0 saturated carbocycles. The Morgan fingerprint density at radius 2 is 1.85 bits per heavy atom. The van der Waals surface area contributed by atoms with Gasteiger partial charge in [-0.25, -0.2) is 19.6 Å². The van der Waals surface area contributed by atoms with Gasteiger partial charge in [0.1, 0.15) is 6.33 Å². The monoisotopic (exact) mass is 281 g/mol. The molecule has 2 rings (SSSR count). The smallest absolute Gasteiger partial charge is 0.364 e. The predicted molar refractivity (Wildman–Crippen MR) is 63.3 cm³/mol. The van der Waals surface area contributed by atoms with E-state index in [4.69, 9.17) is 5.11 Å². The van der Waals surface area contributed by atoms with Crippen LogP contribution in [-0.4, -0.2) is 35.9 Å². The van der Waals surface area contributed by atoms with Crippen molar-refractivity contribution in [2.24, 2.45) is 0 Å². The highest BCUT2D eigenvalue weighted by Crippen LogP contribution is 2.06. The number of nitrogens with one attached hydrogen (secondary N) is 2. The van der Waals surface area contributed by atoms with E-state index in [1.165, 1.54) is 6.33 Å². The Balaban J connectivity index is 0.000000276. The van der Waals surface area contributed by atoms with E-state index in [1.807, 2.05) is 0 Å². The Hall–Kier alpha value is -3.37. The lowest BCUT2D eigenvalue weighted by Gasteiger charge is -1.94. The first-order chi connectivity index (χ1) is 9.43. The third-order valence-electron chi connectivity index (χ3n) is 1.79. The second-order valence-corrected chi connectivity index (χ2v) is 3.10. The molecular formula is C9H7N5O6. The molecule has 0 aliphatic rings. The maximum Gasteiger partial charge on any atom is 0.364 e. The summed E-state index contributed by atoms with van der Waals surface area (Å²) >= 11 is 0. The summed E-state index contributed by atoms with van der Waals surface area (Å²) < 4.78 is 0. The fraction of sp³-hybridized carbons (Fsp3) is 0. The van der Waals surface area contributed by atoms with Crippen molar-refractivity contribution in [3.05, 3.63) is 61.4 Å². The number of nitrogens with zero attached hydrogens (tertiary/aromatic N) is 3. The molecule has 0 radical (unpaired) electrons. The molecule has 0 aliphatic heterocycles. The van der Waals surface area contributed by atoms with Crippen molar-refractivity contribution in [1.29, 1.82) is 0 Å². The van der Waals surface area contributed by atoms with Gasteiger partial charge >= 0.3 is 22.9 Å². The number of aromatic amines is 2. The Kier molecular flexibility index (Phi) is 4.80. The van der Waals surface area contributed by atoms with Crippen LogP contribution in [0.2, 0.25) is 0 Å². The zero-order chi connectivity index (χ0) is 15.1. The zero-order valence-corrected chi connectivity index (χ0v) is 9.64. The number of H-pyrrole nitrogens is 2. The van der Waals surface area contributed by atoms with Crippen LogP contribution >= 0.6 is 0 Å². The number of carbonyl (C=O) groups is 1. The molecule has 2 aromatic rings. The molecule has 0 aromatic carbocycles. The van der Waals surface area contributed by atoms with Crippen LogP contribution < -0.4 is 11.2 Å². The van der Waals surface area contributed by atoms with Crippen molar-refractivity contribution in [3.8, 4) is 0 Å². The summed E-state index contributed by atoms with van der Waals surface area (Å²) in [5.74, 6) is -1.75. The van der Waals surface area contributed by atoms with Gasteiger partial charge in [0, 0.05) is 12.4 Å². The first kappa shape index (κ1) is 14.7. The number of hydrogen-bond donors (Lipinski definition) is 3. The first-order valence-corrected chi connectivity index (χ1v) is 4.87. The second-order valence-electron chi connectivity index (χ2n) is 3.10. The van der Waals surface area contributed by atoms with Gasteiger partial charge in [0.15, 0.2) is 0 Å². The van der Waals surface area contributed by atoms with Crippen molar-refractivity contribution < 1.29 is 14.8 Å². The lowest BCUT2D eigenvalue weighted by molar-refractivity contribution is -0.387. The molecule has 11 heteroatoms. The molecule has 0 aliphatic carbocycles. The second kappa shape index (κ2) is 6.53. The number of carboxylic acids is 1. The molecule has 0 unspecified atom stereocenters. The summed E-state index contributed by atoms with van der Waals surface area (Å²) in [7, 11) is 0. The Bertz CT molecular complexity index is 695. The quantitative estimate of drug-likeness (QED) is 0.471. The minimum absolute atomic E-state index is 1.04. The molecule has 0 amide bonds. The van der Waals surface area contributed by atoms with E-state index in [9.17, 15) is 24.5 Å². The van der Waals surface area contributed by atoms with E-state index in [-0.39, 0.29) is 0 Å². The van der Waals surface area contributed by atoms with E-state index in [1.54, 1.807) is 28.4 Å². The SMILES string of the molecule is O=C(O)c1[nH]c(=O)[nH]c(=O)c1[N+](=O)[O-].c1cncnc1. The molecule has 11 nitrogen and oxygen atoms in total. The number of carboxylic acid groups (broad SMARTS) is 1. The molecule has 0 atom stereocenters. The van der Waals surface area contributed by atoms with Crippen LogP contribution in [0.4, 0.5) is 5.69 Å². The summed E-state index contributed by atoms with van der Waals surface area (Å²) in [5.41, 5.74) is -4.70. The van der Waals surface area contributed by atoms with Crippen molar-refractivity contribution >= 4 is 11.7 Å². The minimum Gasteiger partial charge on any atom is -0.476 e. The van der Waals surface area contributed by atoms with Crippen LogP contribution in [0.25, 0.3) is 0 Å². The topological polar surface area (TPSA) is 172 Å². The molecule has 0 spiro atoms. The maximum atomic E-state index is 10.8. The van der Waals surface area contributed by atoms with Gasteiger partial charge in [-0.2, -0.15) is 0 Å². The third kappa shape index (κ3) is 3.83. The molecule has 3 N–H and O–H groups in total. The zero-order valence-electron chi connectivity index (χ0n) is 9.64. The summed E-state index contributed by atoms with van der Waals surface area (Å²) in [6.45, 7) is 0. The van der Waals surface area contributed by atoms with Crippen LogP contribution in [0.3, 0.4) is 0 Å². The van der Waals surface area contributed by atoms with Gasteiger partial charge in [0.05, 0.1) is 4.92 Å². The van der Waals surface area contributed by atoms with Crippen LogP contribution in [0.15, 0.2) is 34.4 Å². The molecule has 2 heterocycles.